The molecule has 1 aromatic carbocycles. The molecule has 1 atom stereocenters. The van der Waals surface area contributed by atoms with Crippen molar-refractivity contribution in [3.05, 3.63) is 29.8 Å². The zero-order valence-electron chi connectivity index (χ0n) is 11.7. The van der Waals surface area contributed by atoms with Crippen LogP contribution in [0.4, 0.5) is 5.69 Å². The third kappa shape index (κ3) is 3.49. The molecule has 1 unspecified atom stereocenters. The Morgan fingerprint density at radius 2 is 2.00 bits per heavy atom. The van der Waals surface area contributed by atoms with E-state index in [-0.39, 0.29) is 0 Å². The molecule has 0 spiro atoms. The number of hydrogen-bond acceptors (Lipinski definition) is 2. The molecule has 2 nitrogen and oxygen atoms in total. The van der Waals surface area contributed by atoms with Gasteiger partial charge in [-0.15, -0.1) is 0 Å². The molecule has 0 amide bonds. The molecule has 0 radical (unpaired) electrons. The Morgan fingerprint density at radius 3 is 2.67 bits per heavy atom. The summed E-state index contributed by atoms with van der Waals surface area (Å²) in [5, 5.41) is 0. The first-order chi connectivity index (χ1) is 8.66. The molecule has 100 valence electrons. The Bertz CT molecular complexity index is 369. The highest BCUT2D eigenvalue weighted by atomic mass is 15.1. The molecule has 1 aliphatic carbocycles. The Balaban J connectivity index is 1.91. The largest absolute Gasteiger partial charge is 0.373 e. The van der Waals surface area contributed by atoms with E-state index in [1.807, 2.05) is 0 Å². The summed E-state index contributed by atoms with van der Waals surface area (Å²) in [6.45, 7) is 3.10. The van der Waals surface area contributed by atoms with E-state index < -0.39 is 0 Å². The molecule has 1 saturated carbocycles. The third-order valence-corrected chi connectivity index (χ3v) is 4.18. The Morgan fingerprint density at radius 1 is 1.28 bits per heavy atom. The smallest absolute Gasteiger partial charge is 0.0366 e. The maximum Gasteiger partial charge on any atom is 0.0366 e. The molecule has 1 fully saturated rings. The van der Waals surface area contributed by atoms with Crippen molar-refractivity contribution in [2.45, 2.75) is 45.1 Å². The Labute approximate surface area is 111 Å². The minimum Gasteiger partial charge on any atom is -0.373 e. The van der Waals surface area contributed by atoms with Gasteiger partial charge in [0.1, 0.15) is 0 Å². The van der Waals surface area contributed by atoms with E-state index in [4.69, 9.17) is 5.73 Å². The first-order valence-electron chi connectivity index (χ1n) is 7.20. The molecular formula is C16H26N2. The summed E-state index contributed by atoms with van der Waals surface area (Å²) in [4.78, 5) is 2.30. The lowest BCUT2D eigenvalue weighted by atomic mass is 9.84. The average molecular weight is 246 g/mol. The number of nitrogens with zero attached hydrogens (tertiary/aromatic N) is 1. The van der Waals surface area contributed by atoms with Crippen molar-refractivity contribution in [3.63, 3.8) is 0 Å². The van der Waals surface area contributed by atoms with Crippen LogP contribution in [0.5, 0.6) is 0 Å². The van der Waals surface area contributed by atoms with Crippen LogP contribution >= 0.6 is 0 Å². The predicted octanol–water partition coefficient (Wildman–Crippen LogP) is 3.34. The van der Waals surface area contributed by atoms with Crippen LogP contribution in [-0.2, 0) is 0 Å². The molecule has 2 rings (SSSR count). The molecule has 0 saturated heterocycles. The van der Waals surface area contributed by atoms with Crippen molar-refractivity contribution in [3.8, 4) is 0 Å². The molecule has 18 heavy (non-hydrogen) atoms. The van der Waals surface area contributed by atoms with Crippen molar-refractivity contribution < 1.29 is 0 Å². The molecule has 0 aliphatic heterocycles. The Kier molecular flexibility index (Phi) is 4.65. The number of hydrogen-bond donors (Lipinski definition) is 1. The summed E-state index contributed by atoms with van der Waals surface area (Å²) in [5.41, 5.74) is 8.97. The number of aryl methyl sites for hydroxylation is 1. The standard InChI is InChI=1S/C16H26N2/c1-13-7-6-10-15(11-13)18(2)12-16(17)14-8-4-3-5-9-14/h6-7,10-11,14,16H,3-5,8-9,12,17H2,1-2H3. The maximum absolute atomic E-state index is 6.38. The minimum atomic E-state index is 0.316. The second-order valence-electron chi connectivity index (χ2n) is 5.78. The predicted molar refractivity (Wildman–Crippen MR) is 79.0 cm³/mol. The molecule has 0 aromatic heterocycles. The number of rotatable bonds is 4. The molecule has 1 aromatic rings. The van der Waals surface area contributed by atoms with Crippen LogP contribution in [-0.4, -0.2) is 19.6 Å². The van der Waals surface area contributed by atoms with Crippen LogP contribution in [0, 0.1) is 12.8 Å². The zero-order valence-corrected chi connectivity index (χ0v) is 11.7. The van der Waals surface area contributed by atoms with Crippen molar-refractivity contribution in [2.75, 3.05) is 18.5 Å². The number of anilines is 1. The quantitative estimate of drug-likeness (QED) is 0.883. The second kappa shape index (κ2) is 6.24. The first-order valence-corrected chi connectivity index (χ1v) is 7.20. The summed E-state index contributed by atoms with van der Waals surface area (Å²) >= 11 is 0. The van der Waals surface area contributed by atoms with Gasteiger partial charge in [0.15, 0.2) is 0 Å². The first kappa shape index (κ1) is 13.4. The lowest BCUT2D eigenvalue weighted by Crippen LogP contribution is -2.41. The highest BCUT2D eigenvalue weighted by Gasteiger charge is 2.21. The second-order valence-corrected chi connectivity index (χ2v) is 5.78. The highest BCUT2D eigenvalue weighted by molar-refractivity contribution is 5.47. The van der Waals surface area contributed by atoms with E-state index in [9.17, 15) is 0 Å². The van der Waals surface area contributed by atoms with Gasteiger partial charge in [-0.25, -0.2) is 0 Å². The van der Waals surface area contributed by atoms with Gasteiger partial charge in [-0.3, -0.25) is 0 Å². The lowest BCUT2D eigenvalue weighted by molar-refractivity contribution is 0.306. The SMILES string of the molecule is Cc1cccc(N(C)CC(N)C2CCCCC2)c1. The van der Waals surface area contributed by atoms with Gasteiger partial charge in [-0.2, -0.15) is 0 Å². The summed E-state index contributed by atoms with van der Waals surface area (Å²) < 4.78 is 0. The van der Waals surface area contributed by atoms with Gasteiger partial charge in [-0.05, 0) is 43.4 Å². The van der Waals surface area contributed by atoms with E-state index in [0.717, 1.165) is 12.5 Å². The van der Waals surface area contributed by atoms with E-state index in [1.165, 1.54) is 43.4 Å². The highest BCUT2D eigenvalue weighted by Crippen LogP contribution is 2.26. The van der Waals surface area contributed by atoms with Gasteiger partial charge in [0, 0.05) is 25.3 Å². The van der Waals surface area contributed by atoms with Crippen LogP contribution in [0.15, 0.2) is 24.3 Å². The molecular weight excluding hydrogens is 220 g/mol. The molecule has 2 heteroatoms. The van der Waals surface area contributed by atoms with Gasteiger partial charge in [0.05, 0.1) is 0 Å². The van der Waals surface area contributed by atoms with Crippen LogP contribution in [0.1, 0.15) is 37.7 Å². The van der Waals surface area contributed by atoms with Crippen molar-refractivity contribution >= 4 is 5.69 Å². The molecule has 2 N–H and O–H groups in total. The number of likely N-dealkylation sites (N-methyl/N-ethyl adjacent to an activating group) is 1. The van der Waals surface area contributed by atoms with Gasteiger partial charge >= 0.3 is 0 Å². The normalized spacial score (nSPS) is 18.6. The van der Waals surface area contributed by atoms with Gasteiger partial charge in [0.25, 0.3) is 0 Å². The summed E-state index contributed by atoms with van der Waals surface area (Å²) in [5.74, 6) is 0.728. The summed E-state index contributed by atoms with van der Waals surface area (Å²) in [7, 11) is 2.15. The van der Waals surface area contributed by atoms with E-state index in [1.54, 1.807) is 0 Å². The maximum atomic E-state index is 6.38. The van der Waals surface area contributed by atoms with Gasteiger partial charge in [0.2, 0.25) is 0 Å². The topological polar surface area (TPSA) is 29.3 Å². The van der Waals surface area contributed by atoms with E-state index in [0.29, 0.717) is 6.04 Å². The zero-order chi connectivity index (χ0) is 13.0. The molecule has 1 aliphatic rings. The number of nitrogens with two attached hydrogens (primary N) is 1. The van der Waals surface area contributed by atoms with Crippen molar-refractivity contribution in [1.29, 1.82) is 0 Å². The molecule has 0 heterocycles. The fraction of sp³-hybridized carbons (Fsp3) is 0.625. The molecule has 0 bridgehead atoms. The van der Waals surface area contributed by atoms with Crippen molar-refractivity contribution in [1.82, 2.24) is 0 Å². The van der Waals surface area contributed by atoms with E-state index >= 15 is 0 Å². The summed E-state index contributed by atoms with van der Waals surface area (Å²) in [6, 6.07) is 8.97. The van der Waals surface area contributed by atoms with Gasteiger partial charge in [-0.1, -0.05) is 31.4 Å². The Hall–Kier alpha value is -1.02. The monoisotopic (exact) mass is 246 g/mol. The van der Waals surface area contributed by atoms with E-state index in [2.05, 4.69) is 43.1 Å². The minimum absolute atomic E-state index is 0.316. The van der Waals surface area contributed by atoms with Gasteiger partial charge < -0.3 is 10.6 Å². The van der Waals surface area contributed by atoms with Crippen LogP contribution < -0.4 is 10.6 Å². The van der Waals surface area contributed by atoms with Crippen LogP contribution in [0.2, 0.25) is 0 Å². The third-order valence-electron chi connectivity index (χ3n) is 4.18. The lowest BCUT2D eigenvalue weighted by Gasteiger charge is -2.31. The van der Waals surface area contributed by atoms with Crippen LogP contribution in [0.25, 0.3) is 0 Å². The van der Waals surface area contributed by atoms with Crippen LogP contribution in [0.3, 0.4) is 0 Å². The summed E-state index contributed by atoms with van der Waals surface area (Å²) in [6.07, 6.45) is 6.78. The average Bonchev–Trinajstić information content (AvgIpc) is 2.39. The van der Waals surface area contributed by atoms with Crippen molar-refractivity contribution in [2.24, 2.45) is 11.7 Å². The number of benzene rings is 1. The fourth-order valence-corrected chi connectivity index (χ4v) is 3.00. The fourth-order valence-electron chi connectivity index (χ4n) is 3.00.